The van der Waals surface area contributed by atoms with Crippen molar-refractivity contribution in [3.8, 4) is 5.75 Å². The third kappa shape index (κ3) is 6.19. The number of ether oxygens (including phenoxy) is 1. The van der Waals surface area contributed by atoms with Gasteiger partial charge in [0.25, 0.3) is 11.8 Å². The molecule has 0 aliphatic rings. The number of rotatable bonds is 8. The fourth-order valence-electron chi connectivity index (χ4n) is 3.44. The number of nitrogens with zero attached hydrogens (tertiary/aromatic N) is 2. The zero-order valence-electron chi connectivity index (χ0n) is 19.9. The summed E-state index contributed by atoms with van der Waals surface area (Å²) in [6.07, 6.45) is 3.50. The van der Waals surface area contributed by atoms with E-state index in [-0.39, 0.29) is 17.9 Å². The van der Waals surface area contributed by atoms with Crippen molar-refractivity contribution in [2.24, 2.45) is 0 Å². The molecule has 0 spiro atoms. The monoisotopic (exact) mass is 445 g/mol. The van der Waals surface area contributed by atoms with Gasteiger partial charge in [-0.05, 0) is 74.7 Å². The van der Waals surface area contributed by atoms with E-state index in [0.29, 0.717) is 24.3 Å². The topological polar surface area (TPSA) is 71.5 Å². The molecule has 0 aliphatic carbocycles. The first-order chi connectivity index (χ1) is 15.8. The van der Waals surface area contributed by atoms with Crippen LogP contribution in [-0.2, 0) is 13.2 Å². The largest absolute Gasteiger partial charge is 0.488 e. The van der Waals surface area contributed by atoms with Gasteiger partial charge >= 0.3 is 0 Å². The second-order valence-corrected chi connectivity index (χ2v) is 8.48. The van der Waals surface area contributed by atoms with E-state index in [9.17, 15) is 9.59 Å². The molecule has 0 saturated heterocycles. The highest BCUT2D eigenvalue weighted by molar-refractivity contribution is 5.95. The molecule has 0 radical (unpaired) electrons. The Morgan fingerprint density at radius 1 is 1.00 bits per heavy atom. The van der Waals surface area contributed by atoms with E-state index in [1.807, 2.05) is 64.1 Å². The minimum atomic E-state index is -0.153. The third-order valence-corrected chi connectivity index (χ3v) is 5.58. The Kier molecular flexibility index (Phi) is 7.83. The molecule has 1 aromatic heterocycles. The molecule has 3 rings (SSSR count). The fourth-order valence-corrected chi connectivity index (χ4v) is 3.44. The van der Waals surface area contributed by atoms with E-state index in [4.69, 9.17) is 4.74 Å². The SMILES string of the molecule is Cc1cc(C(=O)NCc2ccc(C(=O)N(C)C(C)C)cc2)cc(C)c1OCc1cccnc1. The van der Waals surface area contributed by atoms with Crippen LogP contribution in [0.25, 0.3) is 0 Å². The summed E-state index contributed by atoms with van der Waals surface area (Å²) in [5.74, 6) is 0.610. The number of hydrogen-bond donors (Lipinski definition) is 1. The lowest BCUT2D eigenvalue weighted by Gasteiger charge is -2.21. The summed E-state index contributed by atoms with van der Waals surface area (Å²) >= 11 is 0. The maximum atomic E-state index is 12.7. The van der Waals surface area contributed by atoms with Crippen LogP contribution in [0.5, 0.6) is 5.75 Å². The molecule has 1 N–H and O–H groups in total. The van der Waals surface area contributed by atoms with E-state index >= 15 is 0 Å². The van der Waals surface area contributed by atoms with Crippen molar-refractivity contribution in [2.45, 2.75) is 46.9 Å². The van der Waals surface area contributed by atoms with Crippen LogP contribution in [0.2, 0.25) is 0 Å². The molecular formula is C27H31N3O3. The molecule has 172 valence electrons. The Morgan fingerprint density at radius 2 is 1.67 bits per heavy atom. The number of amides is 2. The first kappa shape index (κ1) is 24.0. The summed E-state index contributed by atoms with van der Waals surface area (Å²) in [6.45, 7) is 8.63. The summed E-state index contributed by atoms with van der Waals surface area (Å²) in [4.78, 5) is 30.9. The maximum Gasteiger partial charge on any atom is 0.253 e. The van der Waals surface area contributed by atoms with Crippen LogP contribution in [0.3, 0.4) is 0 Å². The predicted octanol–water partition coefficient (Wildman–Crippen LogP) is 4.69. The van der Waals surface area contributed by atoms with Crippen molar-refractivity contribution in [3.05, 3.63) is 94.3 Å². The normalized spacial score (nSPS) is 10.7. The minimum Gasteiger partial charge on any atom is -0.488 e. The molecule has 6 nitrogen and oxygen atoms in total. The van der Waals surface area contributed by atoms with Gasteiger partial charge < -0.3 is 15.0 Å². The van der Waals surface area contributed by atoms with E-state index in [0.717, 1.165) is 28.0 Å². The number of nitrogens with one attached hydrogen (secondary N) is 1. The predicted molar refractivity (Wildman–Crippen MR) is 129 cm³/mol. The van der Waals surface area contributed by atoms with Crippen molar-refractivity contribution < 1.29 is 14.3 Å². The number of benzene rings is 2. The van der Waals surface area contributed by atoms with Crippen LogP contribution in [-0.4, -0.2) is 34.8 Å². The van der Waals surface area contributed by atoms with Gasteiger partial charge in [0.15, 0.2) is 0 Å². The lowest BCUT2D eigenvalue weighted by molar-refractivity contribution is 0.0754. The Morgan fingerprint density at radius 3 is 2.24 bits per heavy atom. The first-order valence-electron chi connectivity index (χ1n) is 11.0. The Balaban J connectivity index is 1.60. The maximum absolute atomic E-state index is 12.7. The summed E-state index contributed by atoms with van der Waals surface area (Å²) in [7, 11) is 1.79. The highest BCUT2D eigenvalue weighted by atomic mass is 16.5. The quantitative estimate of drug-likeness (QED) is 0.546. The average Bonchev–Trinajstić information content (AvgIpc) is 2.81. The van der Waals surface area contributed by atoms with Gasteiger partial charge in [-0.2, -0.15) is 0 Å². The number of hydrogen-bond acceptors (Lipinski definition) is 4. The zero-order valence-corrected chi connectivity index (χ0v) is 19.9. The van der Waals surface area contributed by atoms with E-state index in [1.165, 1.54) is 0 Å². The van der Waals surface area contributed by atoms with Crippen LogP contribution >= 0.6 is 0 Å². The van der Waals surface area contributed by atoms with Gasteiger partial charge in [0.1, 0.15) is 12.4 Å². The molecule has 0 unspecified atom stereocenters. The van der Waals surface area contributed by atoms with E-state index in [1.54, 1.807) is 36.5 Å². The van der Waals surface area contributed by atoms with E-state index < -0.39 is 0 Å². The van der Waals surface area contributed by atoms with Crippen molar-refractivity contribution in [1.82, 2.24) is 15.2 Å². The van der Waals surface area contributed by atoms with Crippen molar-refractivity contribution in [2.75, 3.05) is 7.05 Å². The van der Waals surface area contributed by atoms with Crippen molar-refractivity contribution >= 4 is 11.8 Å². The number of pyridine rings is 1. The van der Waals surface area contributed by atoms with Gasteiger partial charge in [0.2, 0.25) is 0 Å². The molecule has 6 heteroatoms. The van der Waals surface area contributed by atoms with Crippen LogP contribution < -0.4 is 10.1 Å². The lowest BCUT2D eigenvalue weighted by atomic mass is 10.0. The molecule has 33 heavy (non-hydrogen) atoms. The Bertz CT molecular complexity index is 1090. The Labute approximate surface area is 195 Å². The van der Waals surface area contributed by atoms with Crippen LogP contribution in [0.15, 0.2) is 60.9 Å². The van der Waals surface area contributed by atoms with Crippen molar-refractivity contribution in [1.29, 1.82) is 0 Å². The fraction of sp³-hybridized carbons (Fsp3) is 0.296. The minimum absolute atomic E-state index is 0.0163. The summed E-state index contributed by atoms with van der Waals surface area (Å²) in [6, 6.07) is 15.0. The van der Waals surface area contributed by atoms with Gasteiger partial charge in [-0.25, -0.2) is 0 Å². The molecule has 0 saturated carbocycles. The second kappa shape index (κ2) is 10.8. The lowest BCUT2D eigenvalue weighted by Crippen LogP contribution is -2.32. The van der Waals surface area contributed by atoms with Gasteiger partial charge in [-0.15, -0.1) is 0 Å². The average molecular weight is 446 g/mol. The molecule has 0 bridgehead atoms. The van der Waals surface area contributed by atoms with E-state index in [2.05, 4.69) is 10.3 Å². The van der Waals surface area contributed by atoms with Gasteiger partial charge in [0.05, 0.1) is 0 Å². The van der Waals surface area contributed by atoms with Gasteiger partial charge in [-0.3, -0.25) is 14.6 Å². The van der Waals surface area contributed by atoms with Crippen LogP contribution in [0, 0.1) is 13.8 Å². The highest BCUT2D eigenvalue weighted by Crippen LogP contribution is 2.26. The van der Waals surface area contributed by atoms with Gasteiger partial charge in [0, 0.05) is 48.7 Å². The number of aromatic nitrogens is 1. The van der Waals surface area contributed by atoms with Crippen LogP contribution in [0.4, 0.5) is 0 Å². The number of carbonyl (C=O) groups is 2. The van der Waals surface area contributed by atoms with Gasteiger partial charge in [-0.1, -0.05) is 18.2 Å². The molecule has 2 aromatic carbocycles. The highest BCUT2D eigenvalue weighted by Gasteiger charge is 2.15. The third-order valence-electron chi connectivity index (χ3n) is 5.58. The summed E-state index contributed by atoms with van der Waals surface area (Å²) in [5.41, 5.74) is 4.94. The number of carbonyl (C=O) groups excluding carboxylic acids is 2. The molecule has 0 atom stereocenters. The van der Waals surface area contributed by atoms with Crippen LogP contribution in [0.1, 0.15) is 56.8 Å². The molecule has 0 fully saturated rings. The molecule has 0 aliphatic heterocycles. The standard InChI is InChI=1S/C27H31N3O3/c1-18(2)30(5)27(32)23-10-8-21(9-11-23)16-29-26(31)24-13-19(3)25(20(4)14-24)33-17-22-7-6-12-28-15-22/h6-15,18H,16-17H2,1-5H3,(H,29,31). The summed E-state index contributed by atoms with van der Waals surface area (Å²) in [5, 5.41) is 2.95. The molecule has 2 amide bonds. The molecule has 1 heterocycles. The Hall–Kier alpha value is -3.67. The second-order valence-electron chi connectivity index (χ2n) is 8.48. The zero-order chi connectivity index (χ0) is 24.0. The summed E-state index contributed by atoms with van der Waals surface area (Å²) < 4.78 is 5.98. The molecule has 3 aromatic rings. The first-order valence-corrected chi connectivity index (χ1v) is 11.0. The van der Waals surface area contributed by atoms with Crippen molar-refractivity contribution in [3.63, 3.8) is 0 Å². The smallest absolute Gasteiger partial charge is 0.253 e. The molecular weight excluding hydrogens is 414 g/mol. The number of aryl methyl sites for hydroxylation is 2.